The van der Waals surface area contributed by atoms with E-state index in [1.54, 1.807) is 30.8 Å². The Morgan fingerprint density at radius 1 is 1.44 bits per heavy atom. The van der Waals surface area contributed by atoms with Gasteiger partial charge in [0.15, 0.2) is 5.01 Å². The van der Waals surface area contributed by atoms with Crippen molar-refractivity contribution in [1.82, 2.24) is 20.5 Å². The Hall–Kier alpha value is -1.53. The van der Waals surface area contributed by atoms with Crippen molar-refractivity contribution in [3.05, 3.63) is 23.5 Å². The second-order valence-corrected chi connectivity index (χ2v) is 5.29. The lowest BCUT2D eigenvalue weighted by atomic mass is 10.2. The molecule has 0 unspecified atom stereocenters. The molecule has 0 radical (unpaired) electrons. The molecule has 1 N–H and O–H groups in total. The predicted molar refractivity (Wildman–Crippen MR) is 69.6 cm³/mol. The molecule has 5 nitrogen and oxygen atoms in total. The zero-order chi connectivity index (χ0) is 12.4. The Labute approximate surface area is 109 Å². The summed E-state index contributed by atoms with van der Waals surface area (Å²) in [5.74, 6) is 0.732. The van der Waals surface area contributed by atoms with E-state index in [0.717, 1.165) is 27.9 Å². The molecule has 94 valence electrons. The van der Waals surface area contributed by atoms with Crippen LogP contribution in [0.15, 0.2) is 18.5 Å². The standard InChI is InChI=1S/C12H14N4OS/c1-17-10-6-13-5-4-9(10)12-16-15-11(18-12)7-14-8-2-3-8/h4-6,8,14H,2-3,7H2,1H3. The van der Waals surface area contributed by atoms with Crippen molar-refractivity contribution in [1.29, 1.82) is 0 Å². The fourth-order valence-electron chi connectivity index (χ4n) is 1.67. The molecule has 0 bridgehead atoms. The first-order valence-electron chi connectivity index (χ1n) is 5.91. The van der Waals surface area contributed by atoms with Crippen molar-refractivity contribution in [3.8, 4) is 16.3 Å². The molecule has 2 aromatic heterocycles. The van der Waals surface area contributed by atoms with E-state index in [4.69, 9.17) is 4.74 Å². The second kappa shape index (κ2) is 4.99. The molecule has 1 aliphatic carbocycles. The molecule has 18 heavy (non-hydrogen) atoms. The lowest BCUT2D eigenvalue weighted by Gasteiger charge is -2.03. The van der Waals surface area contributed by atoms with Gasteiger partial charge >= 0.3 is 0 Å². The van der Waals surface area contributed by atoms with E-state index < -0.39 is 0 Å². The summed E-state index contributed by atoms with van der Waals surface area (Å²) in [4.78, 5) is 4.04. The first-order chi connectivity index (χ1) is 8.86. The molecule has 0 atom stereocenters. The van der Waals surface area contributed by atoms with Crippen LogP contribution >= 0.6 is 11.3 Å². The van der Waals surface area contributed by atoms with Gasteiger partial charge in [0.2, 0.25) is 0 Å². The van der Waals surface area contributed by atoms with E-state index in [0.29, 0.717) is 6.04 Å². The average Bonchev–Trinajstić information content (AvgIpc) is 3.13. The molecule has 1 saturated carbocycles. The Bertz CT molecular complexity index is 538. The number of nitrogens with one attached hydrogen (secondary N) is 1. The Morgan fingerprint density at radius 2 is 2.33 bits per heavy atom. The Morgan fingerprint density at radius 3 is 3.11 bits per heavy atom. The fourth-order valence-corrected chi connectivity index (χ4v) is 2.49. The smallest absolute Gasteiger partial charge is 0.151 e. The van der Waals surface area contributed by atoms with Crippen LogP contribution in [0.3, 0.4) is 0 Å². The first-order valence-corrected chi connectivity index (χ1v) is 6.72. The van der Waals surface area contributed by atoms with Crippen LogP contribution in [0.25, 0.3) is 10.6 Å². The van der Waals surface area contributed by atoms with E-state index in [9.17, 15) is 0 Å². The summed E-state index contributed by atoms with van der Waals surface area (Å²) in [6.45, 7) is 0.801. The maximum atomic E-state index is 5.28. The summed E-state index contributed by atoms with van der Waals surface area (Å²) in [6, 6.07) is 2.59. The average molecular weight is 262 g/mol. The van der Waals surface area contributed by atoms with Gasteiger partial charge in [-0.25, -0.2) is 0 Å². The van der Waals surface area contributed by atoms with Crippen LogP contribution < -0.4 is 10.1 Å². The predicted octanol–water partition coefficient (Wildman–Crippen LogP) is 1.86. The Balaban J connectivity index is 1.78. The maximum Gasteiger partial charge on any atom is 0.151 e. The van der Waals surface area contributed by atoms with E-state index in [-0.39, 0.29) is 0 Å². The van der Waals surface area contributed by atoms with Gasteiger partial charge in [-0.15, -0.1) is 10.2 Å². The minimum atomic E-state index is 0.688. The van der Waals surface area contributed by atoms with E-state index in [2.05, 4.69) is 20.5 Å². The first kappa shape index (κ1) is 11.6. The summed E-state index contributed by atoms with van der Waals surface area (Å²) >= 11 is 1.59. The van der Waals surface area contributed by atoms with Crippen molar-refractivity contribution in [2.45, 2.75) is 25.4 Å². The number of methoxy groups -OCH3 is 1. The number of ether oxygens (including phenoxy) is 1. The van der Waals surface area contributed by atoms with Crippen LogP contribution in [0.1, 0.15) is 17.8 Å². The monoisotopic (exact) mass is 262 g/mol. The van der Waals surface area contributed by atoms with Gasteiger partial charge in [0.1, 0.15) is 10.8 Å². The maximum absolute atomic E-state index is 5.28. The molecule has 1 aliphatic rings. The largest absolute Gasteiger partial charge is 0.494 e. The molecule has 0 aromatic carbocycles. The molecule has 2 aromatic rings. The van der Waals surface area contributed by atoms with Crippen LogP contribution in [-0.2, 0) is 6.54 Å². The normalized spacial score (nSPS) is 14.7. The van der Waals surface area contributed by atoms with Crippen molar-refractivity contribution >= 4 is 11.3 Å². The second-order valence-electron chi connectivity index (χ2n) is 4.23. The van der Waals surface area contributed by atoms with Gasteiger partial charge in [-0.05, 0) is 18.9 Å². The van der Waals surface area contributed by atoms with Crippen molar-refractivity contribution in [2.24, 2.45) is 0 Å². The minimum Gasteiger partial charge on any atom is -0.494 e. The lowest BCUT2D eigenvalue weighted by Crippen LogP contribution is -2.14. The fraction of sp³-hybridized carbons (Fsp3) is 0.417. The number of nitrogens with zero attached hydrogens (tertiary/aromatic N) is 3. The van der Waals surface area contributed by atoms with Gasteiger partial charge < -0.3 is 10.1 Å². The van der Waals surface area contributed by atoms with Crippen molar-refractivity contribution in [2.75, 3.05) is 7.11 Å². The zero-order valence-corrected chi connectivity index (χ0v) is 10.9. The third kappa shape index (κ3) is 2.49. The number of hydrogen-bond acceptors (Lipinski definition) is 6. The molecular formula is C12H14N4OS. The van der Waals surface area contributed by atoms with Crippen LogP contribution in [-0.4, -0.2) is 28.3 Å². The summed E-state index contributed by atoms with van der Waals surface area (Å²) < 4.78 is 5.28. The van der Waals surface area contributed by atoms with E-state index >= 15 is 0 Å². The summed E-state index contributed by atoms with van der Waals surface area (Å²) in [6.07, 6.45) is 5.99. The van der Waals surface area contributed by atoms with Gasteiger partial charge in [0.25, 0.3) is 0 Å². The molecule has 0 saturated heterocycles. The summed E-state index contributed by atoms with van der Waals surface area (Å²) in [7, 11) is 1.64. The zero-order valence-electron chi connectivity index (χ0n) is 10.1. The molecule has 0 aliphatic heterocycles. The number of pyridine rings is 1. The lowest BCUT2D eigenvalue weighted by molar-refractivity contribution is 0.414. The van der Waals surface area contributed by atoms with Gasteiger partial charge in [-0.3, -0.25) is 4.98 Å². The van der Waals surface area contributed by atoms with Crippen molar-refractivity contribution < 1.29 is 4.74 Å². The summed E-state index contributed by atoms with van der Waals surface area (Å²) in [5.41, 5.74) is 0.947. The van der Waals surface area contributed by atoms with Crippen LogP contribution in [0.4, 0.5) is 0 Å². The molecular weight excluding hydrogens is 248 g/mol. The molecule has 2 heterocycles. The van der Waals surface area contributed by atoms with Crippen LogP contribution in [0.2, 0.25) is 0 Å². The van der Waals surface area contributed by atoms with E-state index in [1.807, 2.05) is 6.07 Å². The van der Waals surface area contributed by atoms with Crippen LogP contribution in [0.5, 0.6) is 5.75 Å². The summed E-state index contributed by atoms with van der Waals surface area (Å²) in [5, 5.41) is 13.7. The number of aromatic nitrogens is 3. The van der Waals surface area contributed by atoms with Gasteiger partial charge in [0.05, 0.1) is 18.9 Å². The molecule has 0 amide bonds. The third-order valence-electron chi connectivity index (χ3n) is 2.82. The van der Waals surface area contributed by atoms with E-state index in [1.165, 1.54) is 12.8 Å². The van der Waals surface area contributed by atoms with Gasteiger partial charge in [-0.1, -0.05) is 11.3 Å². The minimum absolute atomic E-state index is 0.688. The highest BCUT2D eigenvalue weighted by atomic mass is 32.1. The van der Waals surface area contributed by atoms with Crippen LogP contribution in [0, 0.1) is 0 Å². The quantitative estimate of drug-likeness (QED) is 0.891. The van der Waals surface area contributed by atoms with Gasteiger partial charge in [-0.2, -0.15) is 0 Å². The van der Waals surface area contributed by atoms with Crippen molar-refractivity contribution in [3.63, 3.8) is 0 Å². The van der Waals surface area contributed by atoms with Gasteiger partial charge in [0, 0.05) is 18.8 Å². The molecule has 6 heteroatoms. The SMILES string of the molecule is COc1cnccc1-c1nnc(CNC2CC2)s1. The molecule has 1 fully saturated rings. The topological polar surface area (TPSA) is 59.9 Å². The number of rotatable bonds is 5. The molecule has 3 rings (SSSR count). The molecule has 0 spiro atoms. The Kier molecular flexibility index (Phi) is 3.21. The highest BCUT2D eigenvalue weighted by Gasteiger charge is 2.21. The number of hydrogen-bond donors (Lipinski definition) is 1. The highest BCUT2D eigenvalue weighted by Crippen LogP contribution is 2.31. The highest BCUT2D eigenvalue weighted by molar-refractivity contribution is 7.14. The third-order valence-corrected chi connectivity index (χ3v) is 3.78.